The zero-order valence-electron chi connectivity index (χ0n) is 11.1. The maximum Gasteiger partial charge on any atom is 0.203 e. The van der Waals surface area contributed by atoms with Crippen LogP contribution in [0.15, 0.2) is 12.1 Å². The van der Waals surface area contributed by atoms with Crippen molar-refractivity contribution in [2.45, 2.75) is 19.9 Å². The summed E-state index contributed by atoms with van der Waals surface area (Å²) in [5, 5.41) is 0. The summed E-state index contributed by atoms with van der Waals surface area (Å²) < 4.78 is 15.9. The monoisotopic (exact) mass is 239 g/mol. The number of methoxy groups -OCH3 is 3. The van der Waals surface area contributed by atoms with Crippen LogP contribution in [0, 0.1) is 5.92 Å². The topological polar surface area (TPSA) is 53.7 Å². The molecule has 1 unspecified atom stereocenters. The average molecular weight is 239 g/mol. The van der Waals surface area contributed by atoms with Crippen molar-refractivity contribution >= 4 is 0 Å². The number of ether oxygens (including phenoxy) is 3. The molecule has 4 heteroatoms. The quantitative estimate of drug-likeness (QED) is 0.857. The van der Waals surface area contributed by atoms with E-state index < -0.39 is 0 Å². The van der Waals surface area contributed by atoms with Crippen LogP contribution in [-0.4, -0.2) is 21.3 Å². The first-order valence-electron chi connectivity index (χ1n) is 5.61. The average Bonchev–Trinajstić information content (AvgIpc) is 2.35. The van der Waals surface area contributed by atoms with Gasteiger partial charge in [-0.05, 0) is 18.1 Å². The van der Waals surface area contributed by atoms with Crippen molar-refractivity contribution in [2.24, 2.45) is 11.7 Å². The van der Waals surface area contributed by atoms with E-state index in [0.717, 1.165) is 5.56 Å². The highest BCUT2D eigenvalue weighted by Crippen LogP contribution is 2.42. The molecule has 0 heterocycles. The summed E-state index contributed by atoms with van der Waals surface area (Å²) >= 11 is 0. The predicted molar refractivity (Wildman–Crippen MR) is 67.9 cm³/mol. The van der Waals surface area contributed by atoms with E-state index in [1.54, 1.807) is 21.3 Å². The predicted octanol–water partition coefficient (Wildman–Crippen LogP) is 2.37. The molecular weight excluding hydrogens is 218 g/mol. The van der Waals surface area contributed by atoms with Crippen molar-refractivity contribution in [1.29, 1.82) is 0 Å². The molecule has 17 heavy (non-hydrogen) atoms. The minimum atomic E-state index is -0.0928. The van der Waals surface area contributed by atoms with Gasteiger partial charge in [0.1, 0.15) is 0 Å². The molecule has 0 aliphatic carbocycles. The third-order valence-corrected chi connectivity index (χ3v) is 2.81. The van der Waals surface area contributed by atoms with E-state index in [9.17, 15) is 0 Å². The van der Waals surface area contributed by atoms with E-state index in [1.807, 2.05) is 12.1 Å². The summed E-state index contributed by atoms with van der Waals surface area (Å²) in [4.78, 5) is 0. The van der Waals surface area contributed by atoms with Gasteiger partial charge in [0.15, 0.2) is 11.5 Å². The van der Waals surface area contributed by atoms with Gasteiger partial charge in [0, 0.05) is 11.6 Å². The molecule has 2 N–H and O–H groups in total. The largest absolute Gasteiger partial charge is 0.493 e. The first kappa shape index (κ1) is 13.6. The summed E-state index contributed by atoms with van der Waals surface area (Å²) in [6.07, 6.45) is 0. The fourth-order valence-corrected chi connectivity index (χ4v) is 1.75. The number of rotatable bonds is 5. The maximum atomic E-state index is 6.15. The molecule has 1 aromatic carbocycles. The van der Waals surface area contributed by atoms with Crippen LogP contribution in [-0.2, 0) is 0 Å². The van der Waals surface area contributed by atoms with Crippen LogP contribution in [0.25, 0.3) is 0 Å². The molecule has 1 atom stereocenters. The first-order chi connectivity index (χ1) is 8.06. The summed E-state index contributed by atoms with van der Waals surface area (Å²) in [6, 6.07) is 3.67. The minimum absolute atomic E-state index is 0.0928. The SMILES string of the molecule is COc1ccc(C(N)C(C)C)c(OC)c1OC. The van der Waals surface area contributed by atoms with Crippen molar-refractivity contribution in [2.75, 3.05) is 21.3 Å². The highest BCUT2D eigenvalue weighted by atomic mass is 16.5. The highest BCUT2D eigenvalue weighted by molar-refractivity contribution is 5.56. The molecule has 0 aliphatic rings. The van der Waals surface area contributed by atoms with Crippen LogP contribution in [0.1, 0.15) is 25.5 Å². The Bertz CT molecular complexity index is 377. The van der Waals surface area contributed by atoms with Gasteiger partial charge in [-0.15, -0.1) is 0 Å². The number of nitrogens with two attached hydrogens (primary N) is 1. The molecule has 0 spiro atoms. The Morgan fingerprint density at radius 3 is 1.94 bits per heavy atom. The third kappa shape index (κ3) is 2.64. The lowest BCUT2D eigenvalue weighted by Crippen LogP contribution is -2.18. The van der Waals surface area contributed by atoms with Crippen LogP contribution >= 0.6 is 0 Å². The molecule has 0 aromatic heterocycles. The highest BCUT2D eigenvalue weighted by Gasteiger charge is 2.21. The van der Waals surface area contributed by atoms with Crippen LogP contribution in [0.4, 0.5) is 0 Å². The van der Waals surface area contributed by atoms with E-state index in [2.05, 4.69) is 13.8 Å². The lowest BCUT2D eigenvalue weighted by atomic mass is 9.95. The molecule has 0 radical (unpaired) electrons. The number of hydrogen-bond acceptors (Lipinski definition) is 4. The Hall–Kier alpha value is -1.42. The second-order valence-electron chi connectivity index (χ2n) is 4.19. The van der Waals surface area contributed by atoms with E-state index in [-0.39, 0.29) is 6.04 Å². The van der Waals surface area contributed by atoms with Crippen molar-refractivity contribution in [3.63, 3.8) is 0 Å². The molecule has 0 bridgehead atoms. The molecule has 96 valence electrons. The second-order valence-corrected chi connectivity index (χ2v) is 4.19. The van der Waals surface area contributed by atoms with Crippen LogP contribution in [0.2, 0.25) is 0 Å². The Balaban J connectivity index is 3.32. The Morgan fingerprint density at radius 1 is 0.941 bits per heavy atom. The van der Waals surface area contributed by atoms with Crippen molar-refractivity contribution in [3.05, 3.63) is 17.7 Å². The van der Waals surface area contributed by atoms with Crippen LogP contribution < -0.4 is 19.9 Å². The Kier molecular flexibility index (Phi) is 4.63. The van der Waals surface area contributed by atoms with Gasteiger partial charge in [-0.3, -0.25) is 0 Å². The standard InChI is InChI=1S/C13H21NO3/c1-8(2)11(14)9-6-7-10(15-3)13(17-5)12(9)16-4/h6-8,11H,14H2,1-5H3. The maximum absolute atomic E-state index is 6.15. The van der Waals surface area contributed by atoms with E-state index in [0.29, 0.717) is 23.2 Å². The fourth-order valence-electron chi connectivity index (χ4n) is 1.75. The summed E-state index contributed by atoms with van der Waals surface area (Å²) in [6.45, 7) is 4.14. The van der Waals surface area contributed by atoms with Gasteiger partial charge in [-0.2, -0.15) is 0 Å². The molecule has 0 fully saturated rings. The van der Waals surface area contributed by atoms with Crippen LogP contribution in [0.3, 0.4) is 0 Å². The molecule has 0 aliphatic heterocycles. The normalized spacial score (nSPS) is 12.4. The molecule has 1 aromatic rings. The third-order valence-electron chi connectivity index (χ3n) is 2.81. The van der Waals surface area contributed by atoms with Crippen molar-refractivity contribution in [1.82, 2.24) is 0 Å². The van der Waals surface area contributed by atoms with E-state index >= 15 is 0 Å². The molecule has 0 amide bonds. The fraction of sp³-hybridized carbons (Fsp3) is 0.538. The van der Waals surface area contributed by atoms with E-state index in [4.69, 9.17) is 19.9 Å². The lowest BCUT2D eigenvalue weighted by Gasteiger charge is -2.21. The minimum Gasteiger partial charge on any atom is -0.493 e. The van der Waals surface area contributed by atoms with Crippen LogP contribution in [0.5, 0.6) is 17.2 Å². The van der Waals surface area contributed by atoms with Gasteiger partial charge >= 0.3 is 0 Å². The molecule has 1 rings (SSSR count). The Morgan fingerprint density at radius 2 is 1.53 bits per heavy atom. The zero-order chi connectivity index (χ0) is 13.0. The second kappa shape index (κ2) is 5.77. The molecular formula is C13H21NO3. The molecule has 4 nitrogen and oxygen atoms in total. The van der Waals surface area contributed by atoms with Gasteiger partial charge in [0.25, 0.3) is 0 Å². The van der Waals surface area contributed by atoms with Gasteiger partial charge in [0.05, 0.1) is 21.3 Å². The van der Waals surface area contributed by atoms with Crippen molar-refractivity contribution in [3.8, 4) is 17.2 Å². The summed E-state index contributed by atoms with van der Waals surface area (Å²) in [7, 11) is 4.79. The molecule has 0 saturated carbocycles. The van der Waals surface area contributed by atoms with Gasteiger partial charge in [-0.25, -0.2) is 0 Å². The summed E-state index contributed by atoms with van der Waals surface area (Å²) in [5.41, 5.74) is 7.08. The van der Waals surface area contributed by atoms with Crippen molar-refractivity contribution < 1.29 is 14.2 Å². The lowest BCUT2D eigenvalue weighted by molar-refractivity contribution is 0.318. The van der Waals surface area contributed by atoms with Gasteiger partial charge in [0.2, 0.25) is 5.75 Å². The number of hydrogen-bond donors (Lipinski definition) is 1. The van der Waals surface area contributed by atoms with Gasteiger partial charge < -0.3 is 19.9 Å². The number of benzene rings is 1. The Labute approximate surface area is 103 Å². The zero-order valence-corrected chi connectivity index (χ0v) is 11.1. The summed E-state index contributed by atoms with van der Waals surface area (Å²) in [5.74, 6) is 2.20. The smallest absolute Gasteiger partial charge is 0.203 e. The first-order valence-corrected chi connectivity index (χ1v) is 5.61. The van der Waals surface area contributed by atoms with Gasteiger partial charge in [-0.1, -0.05) is 13.8 Å². The molecule has 0 saturated heterocycles. The van der Waals surface area contributed by atoms with E-state index in [1.165, 1.54) is 0 Å².